The maximum absolute atomic E-state index is 12.2. The number of thioether (sulfide) groups is 1. The highest BCUT2D eigenvalue weighted by atomic mass is 32.2. The normalized spacial score (nSPS) is 10.8. The molecule has 1 amide bonds. The number of carbonyl (C=O) groups excluding carboxylic acids is 1. The molecule has 0 fully saturated rings. The number of carbonyl (C=O) groups is 1. The summed E-state index contributed by atoms with van der Waals surface area (Å²) < 4.78 is 1.52. The van der Waals surface area contributed by atoms with Gasteiger partial charge in [0.15, 0.2) is 4.96 Å². The number of benzene rings is 1. The van der Waals surface area contributed by atoms with Crippen LogP contribution in [0, 0.1) is 0 Å². The molecule has 0 radical (unpaired) electrons. The van der Waals surface area contributed by atoms with Crippen molar-refractivity contribution in [1.82, 2.24) is 9.38 Å². The molecule has 2 aromatic heterocycles. The van der Waals surface area contributed by atoms with Crippen LogP contribution in [0.1, 0.15) is 5.69 Å². The van der Waals surface area contributed by atoms with Gasteiger partial charge in [-0.25, -0.2) is 4.98 Å². The molecule has 2 heterocycles. The van der Waals surface area contributed by atoms with E-state index in [1.807, 2.05) is 35.7 Å². The van der Waals surface area contributed by atoms with E-state index >= 15 is 0 Å². The Bertz CT molecular complexity index is 874. The molecule has 0 aliphatic heterocycles. The van der Waals surface area contributed by atoms with E-state index in [-0.39, 0.29) is 11.5 Å². The number of thiazole rings is 1. The predicted octanol–water partition coefficient (Wildman–Crippen LogP) is 2.65. The van der Waals surface area contributed by atoms with Gasteiger partial charge < -0.3 is 4.90 Å². The lowest BCUT2D eigenvalue weighted by Gasteiger charge is -2.16. The van der Waals surface area contributed by atoms with Gasteiger partial charge in [-0.1, -0.05) is 18.2 Å². The van der Waals surface area contributed by atoms with Gasteiger partial charge in [0.2, 0.25) is 5.91 Å². The number of para-hydroxylation sites is 1. The van der Waals surface area contributed by atoms with Gasteiger partial charge >= 0.3 is 0 Å². The van der Waals surface area contributed by atoms with Gasteiger partial charge in [0.05, 0.1) is 11.4 Å². The lowest BCUT2D eigenvalue weighted by molar-refractivity contribution is -0.115. The minimum atomic E-state index is -0.0837. The Hall–Kier alpha value is -2.12. The summed E-state index contributed by atoms with van der Waals surface area (Å²) in [7, 11) is 1.76. The van der Waals surface area contributed by atoms with Crippen LogP contribution < -0.4 is 10.5 Å². The smallest absolute Gasteiger partial charge is 0.258 e. The third-order valence-electron chi connectivity index (χ3n) is 3.35. The second-order valence-electron chi connectivity index (χ2n) is 4.92. The topological polar surface area (TPSA) is 54.7 Å². The predicted molar refractivity (Wildman–Crippen MR) is 95.4 cm³/mol. The van der Waals surface area contributed by atoms with E-state index in [2.05, 4.69) is 4.98 Å². The summed E-state index contributed by atoms with van der Waals surface area (Å²) in [4.78, 5) is 30.8. The monoisotopic (exact) mass is 345 g/mol. The maximum Gasteiger partial charge on any atom is 0.258 e. The highest BCUT2D eigenvalue weighted by Crippen LogP contribution is 2.16. The number of fused-ring (bicyclic) bond motifs is 1. The van der Waals surface area contributed by atoms with Crippen molar-refractivity contribution in [2.45, 2.75) is 5.75 Å². The lowest BCUT2D eigenvalue weighted by atomic mass is 10.3. The Morgan fingerprint density at radius 3 is 2.91 bits per heavy atom. The van der Waals surface area contributed by atoms with E-state index in [9.17, 15) is 9.59 Å². The molecule has 5 nitrogen and oxygen atoms in total. The Balaban J connectivity index is 1.60. The van der Waals surface area contributed by atoms with Gasteiger partial charge in [0.25, 0.3) is 5.56 Å². The third-order valence-corrected chi connectivity index (χ3v) is 5.06. The molecule has 1 aromatic carbocycles. The van der Waals surface area contributed by atoms with Crippen LogP contribution in [-0.4, -0.2) is 28.1 Å². The van der Waals surface area contributed by atoms with Crippen LogP contribution in [0.5, 0.6) is 0 Å². The number of hydrogen-bond donors (Lipinski definition) is 0. The Kier molecular flexibility index (Phi) is 4.78. The first kappa shape index (κ1) is 15.8. The van der Waals surface area contributed by atoms with E-state index in [4.69, 9.17) is 0 Å². The van der Waals surface area contributed by atoms with Crippen LogP contribution in [-0.2, 0) is 10.5 Å². The molecule has 0 atom stereocenters. The molecule has 0 spiro atoms. The van der Waals surface area contributed by atoms with Crippen molar-refractivity contribution in [3.8, 4) is 0 Å². The van der Waals surface area contributed by atoms with Crippen LogP contribution in [0.3, 0.4) is 0 Å². The van der Waals surface area contributed by atoms with Crippen LogP contribution in [0.4, 0.5) is 5.69 Å². The van der Waals surface area contributed by atoms with Gasteiger partial charge in [0, 0.05) is 36.1 Å². The van der Waals surface area contributed by atoms with Crippen LogP contribution in [0.2, 0.25) is 0 Å². The number of anilines is 1. The standard InChI is InChI=1S/C16H15N3O2S2/c1-18(13-5-3-2-4-6-13)15(21)11-22-10-12-9-14(20)19-7-8-23-16(19)17-12/h2-9H,10-11H2,1H3. The zero-order valence-electron chi connectivity index (χ0n) is 12.5. The first-order valence-corrected chi connectivity index (χ1v) is 9.04. The van der Waals surface area contributed by atoms with Gasteiger partial charge in [0.1, 0.15) is 0 Å². The van der Waals surface area contributed by atoms with Gasteiger partial charge in [-0.2, -0.15) is 0 Å². The molecule has 0 saturated heterocycles. The number of rotatable bonds is 5. The Labute approximate surface area is 141 Å². The van der Waals surface area contributed by atoms with Gasteiger partial charge in [-0.15, -0.1) is 23.1 Å². The van der Waals surface area contributed by atoms with Crippen molar-refractivity contribution in [2.75, 3.05) is 17.7 Å². The number of hydrogen-bond acceptors (Lipinski definition) is 5. The summed E-state index contributed by atoms with van der Waals surface area (Å²) in [5.41, 5.74) is 1.49. The first-order valence-electron chi connectivity index (χ1n) is 7.00. The number of aromatic nitrogens is 2. The summed E-state index contributed by atoms with van der Waals surface area (Å²) in [6, 6.07) is 11.0. The van der Waals surface area contributed by atoms with E-state index in [0.717, 1.165) is 5.69 Å². The first-order chi connectivity index (χ1) is 11.1. The fraction of sp³-hybridized carbons (Fsp3) is 0.188. The second-order valence-corrected chi connectivity index (χ2v) is 6.78. The van der Waals surface area contributed by atoms with Crippen molar-refractivity contribution in [2.24, 2.45) is 0 Å². The molecule has 0 aliphatic rings. The van der Waals surface area contributed by atoms with Crippen LogP contribution >= 0.6 is 23.1 Å². The summed E-state index contributed by atoms with van der Waals surface area (Å²) in [6.45, 7) is 0. The summed E-state index contributed by atoms with van der Waals surface area (Å²) in [5.74, 6) is 0.907. The molecule has 0 N–H and O–H groups in total. The molecule has 0 saturated carbocycles. The largest absolute Gasteiger partial charge is 0.315 e. The summed E-state index contributed by atoms with van der Waals surface area (Å²) >= 11 is 2.89. The minimum Gasteiger partial charge on any atom is -0.315 e. The zero-order chi connectivity index (χ0) is 16.2. The summed E-state index contributed by atoms with van der Waals surface area (Å²) in [6.07, 6.45) is 1.71. The molecule has 23 heavy (non-hydrogen) atoms. The molecular weight excluding hydrogens is 330 g/mol. The van der Waals surface area contributed by atoms with Crippen molar-refractivity contribution in [3.63, 3.8) is 0 Å². The molecular formula is C16H15N3O2S2. The summed E-state index contributed by atoms with van der Waals surface area (Å²) in [5, 5.41) is 1.83. The zero-order valence-corrected chi connectivity index (χ0v) is 14.1. The second kappa shape index (κ2) is 6.97. The average Bonchev–Trinajstić information content (AvgIpc) is 3.04. The molecule has 0 unspecified atom stereocenters. The van der Waals surface area contributed by atoms with Crippen molar-refractivity contribution in [1.29, 1.82) is 0 Å². The fourth-order valence-electron chi connectivity index (χ4n) is 2.10. The average molecular weight is 345 g/mol. The molecule has 118 valence electrons. The highest BCUT2D eigenvalue weighted by Gasteiger charge is 2.11. The Morgan fingerprint density at radius 2 is 2.13 bits per heavy atom. The Morgan fingerprint density at radius 1 is 1.35 bits per heavy atom. The van der Waals surface area contributed by atoms with Crippen molar-refractivity contribution < 1.29 is 4.79 Å². The fourth-order valence-corrected chi connectivity index (χ4v) is 3.66. The number of amides is 1. The van der Waals surface area contributed by atoms with E-state index in [1.165, 1.54) is 33.6 Å². The van der Waals surface area contributed by atoms with E-state index in [1.54, 1.807) is 18.1 Å². The number of nitrogens with zero attached hydrogens (tertiary/aromatic N) is 3. The molecule has 7 heteroatoms. The molecule has 0 bridgehead atoms. The minimum absolute atomic E-state index is 0.0233. The lowest BCUT2D eigenvalue weighted by Crippen LogP contribution is -2.27. The molecule has 0 aliphatic carbocycles. The molecule has 3 aromatic rings. The quantitative estimate of drug-likeness (QED) is 0.713. The van der Waals surface area contributed by atoms with Gasteiger partial charge in [-0.3, -0.25) is 14.0 Å². The van der Waals surface area contributed by atoms with E-state index < -0.39 is 0 Å². The van der Waals surface area contributed by atoms with Crippen LogP contribution in [0.15, 0.2) is 52.8 Å². The maximum atomic E-state index is 12.2. The van der Waals surface area contributed by atoms with Crippen molar-refractivity contribution >= 4 is 39.7 Å². The van der Waals surface area contributed by atoms with Crippen molar-refractivity contribution in [3.05, 3.63) is 64.0 Å². The third kappa shape index (κ3) is 3.62. The highest BCUT2D eigenvalue weighted by molar-refractivity contribution is 7.99. The molecule has 3 rings (SSSR count). The van der Waals surface area contributed by atoms with Crippen LogP contribution in [0.25, 0.3) is 4.96 Å². The van der Waals surface area contributed by atoms with Gasteiger partial charge in [-0.05, 0) is 12.1 Å². The SMILES string of the molecule is CN(C(=O)CSCc1cc(=O)n2ccsc2n1)c1ccccc1. The van der Waals surface area contributed by atoms with E-state index in [0.29, 0.717) is 22.2 Å².